The highest BCUT2D eigenvalue weighted by Crippen LogP contribution is 2.11. The van der Waals surface area contributed by atoms with Gasteiger partial charge in [-0.25, -0.2) is 0 Å². The van der Waals surface area contributed by atoms with Crippen LogP contribution >= 0.6 is 15.9 Å². The van der Waals surface area contributed by atoms with Crippen LogP contribution in [0.4, 0.5) is 0 Å². The number of nitrogens with one attached hydrogen (secondary N) is 1. The van der Waals surface area contributed by atoms with Gasteiger partial charge in [0.05, 0.1) is 5.60 Å². The normalized spacial score (nSPS) is 12.0. The number of methoxy groups -OCH3 is 1. The van der Waals surface area contributed by atoms with Gasteiger partial charge in [0.1, 0.15) is 0 Å². The Morgan fingerprint density at radius 1 is 1.33 bits per heavy atom. The monoisotopic (exact) mass is 237 g/mol. The van der Waals surface area contributed by atoms with E-state index in [1.807, 2.05) is 0 Å². The third kappa shape index (κ3) is 7.07. The molecule has 0 heterocycles. The van der Waals surface area contributed by atoms with Crippen LogP contribution in [-0.4, -0.2) is 31.1 Å². The highest BCUT2D eigenvalue weighted by molar-refractivity contribution is 9.09. The third-order valence-corrected chi connectivity index (χ3v) is 2.50. The van der Waals surface area contributed by atoms with E-state index in [2.05, 4.69) is 35.1 Å². The summed E-state index contributed by atoms with van der Waals surface area (Å²) in [5, 5.41) is 4.44. The molecule has 0 aliphatic rings. The first-order valence-electron chi connectivity index (χ1n) is 4.44. The predicted octanol–water partition coefficient (Wildman–Crippen LogP) is 2.18. The molecular formula is C9H20BrNO. The minimum atomic E-state index is 0.0153. The maximum absolute atomic E-state index is 5.29. The van der Waals surface area contributed by atoms with Crippen LogP contribution in [0.15, 0.2) is 0 Å². The molecule has 0 spiro atoms. The van der Waals surface area contributed by atoms with Gasteiger partial charge in [0.2, 0.25) is 0 Å². The standard InChI is InChI=1S/C9H20BrNO/c1-9(2,12-3)5-8-11-7-4-6-10/h11H,4-8H2,1-3H3. The summed E-state index contributed by atoms with van der Waals surface area (Å²) in [6, 6.07) is 0. The molecule has 0 aliphatic carbocycles. The largest absolute Gasteiger partial charge is 0.379 e. The number of hydrogen-bond acceptors (Lipinski definition) is 2. The molecule has 12 heavy (non-hydrogen) atoms. The van der Waals surface area contributed by atoms with E-state index in [-0.39, 0.29) is 5.60 Å². The second-order valence-electron chi connectivity index (χ2n) is 3.51. The Kier molecular flexibility index (Phi) is 7.10. The van der Waals surface area contributed by atoms with Crippen LogP contribution < -0.4 is 5.32 Å². The lowest BCUT2D eigenvalue weighted by molar-refractivity contribution is 0.0159. The van der Waals surface area contributed by atoms with Crippen molar-refractivity contribution in [3.8, 4) is 0 Å². The summed E-state index contributed by atoms with van der Waals surface area (Å²) in [6.07, 6.45) is 2.25. The van der Waals surface area contributed by atoms with Crippen molar-refractivity contribution in [3.05, 3.63) is 0 Å². The van der Waals surface area contributed by atoms with Gasteiger partial charge in [-0.1, -0.05) is 15.9 Å². The second-order valence-corrected chi connectivity index (χ2v) is 4.30. The third-order valence-electron chi connectivity index (χ3n) is 1.94. The number of halogens is 1. The average Bonchev–Trinajstić information content (AvgIpc) is 2.04. The fraction of sp³-hybridized carbons (Fsp3) is 1.00. The van der Waals surface area contributed by atoms with E-state index < -0.39 is 0 Å². The highest BCUT2D eigenvalue weighted by atomic mass is 79.9. The van der Waals surface area contributed by atoms with E-state index in [1.165, 1.54) is 6.42 Å². The molecule has 0 rings (SSSR count). The van der Waals surface area contributed by atoms with Crippen molar-refractivity contribution >= 4 is 15.9 Å². The van der Waals surface area contributed by atoms with E-state index in [0.717, 1.165) is 24.8 Å². The van der Waals surface area contributed by atoms with Crippen molar-refractivity contribution in [2.45, 2.75) is 32.3 Å². The molecule has 0 saturated heterocycles. The molecule has 2 nitrogen and oxygen atoms in total. The fourth-order valence-electron chi connectivity index (χ4n) is 0.808. The molecule has 0 aromatic carbocycles. The van der Waals surface area contributed by atoms with Gasteiger partial charge in [0.15, 0.2) is 0 Å². The first-order valence-corrected chi connectivity index (χ1v) is 5.56. The van der Waals surface area contributed by atoms with Crippen molar-refractivity contribution < 1.29 is 4.74 Å². The molecule has 0 aromatic heterocycles. The maximum atomic E-state index is 5.29. The quantitative estimate of drug-likeness (QED) is 0.542. The summed E-state index contributed by atoms with van der Waals surface area (Å²) in [6.45, 7) is 6.34. The molecule has 0 aromatic rings. The van der Waals surface area contributed by atoms with Crippen LogP contribution in [-0.2, 0) is 4.74 Å². The van der Waals surface area contributed by atoms with E-state index in [4.69, 9.17) is 4.74 Å². The SMILES string of the molecule is COC(C)(C)CCNCCCBr. The molecule has 74 valence electrons. The molecule has 0 radical (unpaired) electrons. The van der Waals surface area contributed by atoms with Gasteiger partial charge in [-0.2, -0.15) is 0 Å². The van der Waals surface area contributed by atoms with Crippen molar-refractivity contribution in [3.63, 3.8) is 0 Å². The predicted molar refractivity (Wildman–Crippen MR) is 57.0 cm³/mol. The Hall–Kier alpha value is 0.400. The summed E-state index contributed by atoms with van der Waals surface area (Å²) in [7, 11) is 1.76. The minimum absolute atomic E-state index is 0.0153. The zero-order valence-corrected chi connectivity index (χ0v) is 9.91. The lowest BCUT2D eigenvalue weighted by Crippen LogP contribution is -2.29. The first kappa shape index (κ1) is 12.4. The molecule has 0 amide bonds. The van der Waals surface area contributed by atoms with Crippen LogP contribution in [0.1, 0.15) is 26.7 Å². The molecule has 0 atom stereocenters. The van der Waals surface area contributed by atoms with Crippen molar-refractivity contribution in [1.82, 2.24) is 5.32 Å². The minimum Gasteiger partial charge on any atom is -0.379 e. The zero-order valence-electron chi connectivity index (χ0n) is 8.32. The van der Waals surface area contributed by atoms with Gasteiger partial charge < -0.3 is 10.1 Å². The van der Waals surface area contributed by atoms with Gasteiger partial charge in [-0.15, -0.1) is 0 Å². The zero-order chi connectivity index (χ0) is 9.45. The van der Waals surface area contributed by atoms with Gasteiger partial charge in [0, 0.05) is 12.4 Å². The molecule has 0 unspecified atom stereocenters. The van der Waals surface area contributed by atoms with Gasteiger partial charge in [-0.05, 0) is 39.8 Å². The topological polar surface area (TPSA) is 21.3 Å². The Labute approximate surface area is 84.2 Å². The van der Waals surface area contributed by atoms with Crippen LogP contribution in [0.5, 0.6) is 0 Å². The smallest absolute Gasteiger partial charge is 0.0634 e. The van der Waals surface area contributed by atoms with Crippen molar-refractivity contribution in [2.75, 3.05) is 25.5 Å². The van der Waals surface area contributed by atoms with Crippen LogP contribution in [0.3, 0.4) is 0 Å². The molecule has 3 heteroatoms. The summed E-state index contributed by atoms with van der Waals surface area (Å²) < 4.78 is 5.29. The number of rotatable bonds is 7. The maximum Gasteiger partial charge on any atom is 0.0634 e. The Morgan fingerprint density at radius 3 is 2.50 bits per heavy atom. The summed E-state index contributed by atoms with van der Waals surface area (Å²) in [4.78, 5) is 0. The van der Waals surface area contributed by atoms with Gasteiger partial charge >= 0.3 is 0 Å². The molecule has 0 saturated carbocycles. The van der Waals surface area contributed by atoms with Gasteiger partial charge in [-0.3, -0.25) is 0 Å². The number of hydrogen-bond donors (Lipinski definition) is 1. The Bertz CT molecular complexity index is 107. The van der Waals surface area contributed by atoms with Gasteiger partial charge in [0.25, 0.3) is 0 Å². The molecule has 1 N–H and O–H groups in total. The Morgan fingerprint density at radius 2 is 2.00 bits per heavy atom. The Balaban J connectivity index is 3.19. The van der Waals surface area contributed by atoms with E-state index >= 15 is 0 Å². The summed E-state index contributed by atoms with van der Waals surface area (Å²) in [5.41, 5.74) is 0.0153. The summed E-state index contributed by atoms with van der Waals surface area (Å²) in [5.74, 6) is 0. The lowest BCUT2D eigenvalue weighted by Gasteiger charge is -2.22. The molecule has 0 bridgehead atoms. The highest BCUT2D eigenvalue weighted by Gasteiger charge is 2.14. The van der Waals surface area contributed by atoms with E-state index in [1.54, 1.807) is 7.11 Å². The van der Waals surface area contributed by atoms with Crippen LogP contribution in [0, 0.1) is 0 Å². The second kappa shape index (κ2) is 6.87. The molecule has 0 aliphatic heterocycles. The molecule has 0 fully saturated rings. The van der Waals surface area contributed by atoms with Crippen LogP contribution in [0.2, 0.25) is 0 Å². The molecular weight excluding hydrogens is 218 g/mol. The van der Waals surface area contributed by atoms with Crippen molar-refractivity contribution in [2.24, 2.45) is 0 Å². The number of alkyl halides is 1. The lowest BCUT2D eigenvalue weighted by atomic mass is 10.1. The number of ether oxygens (including phenoxy) is 1. The summed E-state index contributed by atoms with van der Waals surface area (Å²) >= 11 is 3.39. The van der Waals surface area contributed by atoms with Crippen molar-refractivity contribution in [1.29, 1.82) is 0 Å². The first-order chi connectivity index (χ1) is 5.62. The van der Waals surface area contributed by atoms with Crippen LogP contribution in [0.25, 0.3) is 0 Å². The average molecular weight is 238 g/mol. The van der Waals surface area contributed by atoms with E-state index in [9.17, 15) is 0 Å². The fourth-order valence-corrected chi connectivity index (χ4v) is 1.09. The van der Waals surface area contributed by atoms with E-state index in [0.29, 0.717) is 0 Å².